The van der Waals surface area contributed by atoms with E-state index in [-0.39, 0.29) is 24.3 Å². The number of pyridine rings is 1. The van der Waals surface area contributed by atoms with E-state index in [1.165, 1.54) is 0 Å². The molecule has 2 aromatic heterocycles. The molecule has 0 saturated carbocycles. The monoisotopic (exact) mass is 341 g/mol. The molecule has 0 bridgehead atoms. The van der Waals surface area contributed by atoms with Crippen molar-refractivity contribution < 1.29 is 9.59 Å². The van der Waals surface area contributed by atoms with Gasteiger partial charge in [-0.15, -0.1) is 0 Å². The minimum atomic E-state index is -0.243. The van der Waals surface area contributed by atoms with Crippen LogP contribution in [0.15, 0.2) is 24.5 Å². The van der Waals surface area contributed by atoms with Gasteiger partial charge in [-0.2, -0.15) is 5.10 Å². The SMILES string of the molecule is O=C1NCCN2CCN(C(=O)Cc3nc(-c4cccnc4)n[nH]3)C[C@@H]12. The summed E-state index contributed by atoms with van der Waals surface area (Å²) >= 11 is 0. The third kappa shape index (κ3) is 3.22. The molecule has 2 fully saturated rings. The van der Waals surface area contributed by atoms with E-state index < -0.39 is 0 Å². The average Bonchev–Trinajstić information content (AvgIpc) is 3.11. The largest absolute Gasteiger partial charge is 0.353 e. The van der Waals surface area contributed by atoms with Crippen molar-refractivity contribution in [2.75, 3.05) is 32.7 Å². The molecule has 25 heavy (non-hydrogen) atoms. The van der Waals surface area contributed by atoms with Crippen LogP contribution in [0.2, 0.25) is 0 Å². The lowest BCUT2D eigenvalue weighted by atomic mass is 10.1. The Labute approximate surface area is 144 Å². The second-order valence-corrected chi connectivity index (χ2v) is 6.21. The molecule has 2 amide bonds. The van der Waals surface area contributed by atoms with Gasteiger partial charge in [-0.05, 0) is 12.1 Å². The summed E-state index contributed by atoms with van der Waals surface area (Å²) in [7, 11) is 0. The fourth-order valence-corrected chi connectivity index (χ4v) is 3.26. The number of H-pyrrole nitrogens is 1. The Morgan fingerprint density at radius 1 is 1.32 bits per heavy atom. The number of hydrogen-bond donors (Lipinski definition) is 2. The van der Waals surface area contributed by atoms with Crippen LogP contribution in [0.5, 0.6) is 0 Å². The summed E-state index contributed by atoms with van der Waals surface area (Å²) in [6.45, 7) is 3.30. The molecule has 2 aliphatic heterocycles. The number of aromatic amines is 1. The van der Waals surface area contributed by atoms with Gasteiger partial charge in [-0.25, -0.2) is 4.98 Å². The zero-order valence-corrected chi connectivity index (χ0v) is 13.7. The third-order valence-corrected chi connectivity index (χ3v) is 4.61. The fraction of sp³-hybridized carbons (Fsp3) is 0.438. The molecule has 2 aliphatic rings. The Morgan fingerprint density at radius 3 is 3.08 bits per heavy atom. The smallest absolute Gasteiger partial charge is 0.239 e. The van der Waals surface area contributed by atoms with E-state index in [0.29, 0.717) is 31.3 Å². The van der Waals surface area contributed by atoms with Gasteiger partial charge in [0.2, 0.25) is 11.8 Å². The molecule has 0 unspecified atom stereocenters. The summed E-state index contributed by atoms with van der Waals surface area (Å²) in [5, 5.41) is 9.82. The number of carbonyl (C=O) groups is 2. The van der Waals surface area contributed by atoms with Crippen LogP contribution in [0, 0.1) is 0 Å². The van der Waals surface area contributed by atoms with Crippen LogP contribution >= 0.6 is 0 Å². The van der Waals surface area contributed by atoms with Crippen LogP contribution in [0.1, 0.15) is 5.82 Å². The van der Waals surface area contributed by atoms with E-state index in [1.807, 2.05) is 12.1 Å². The number of nitrogens with one attached hydrogen (secondary N) is 2. The van der Waals surface area contributed by atoms with Crippen molar-refractivity contribution in [2.45, 2.75) is 12.5 Å². The van der Waals surface area contributed by atoms with Crippen LogP contribution in [0.25, 0.3) is 11.4 Å². The molecule has 2 N–H and O–H groups in total. The van der Waals surface area contributed by atoms with Crippen molar-refractivity contribution in [3.05, 3.63) is 30.4 Å². The molecule has 0 aliphatic carbocycles. The molecule has 2 aromatic rings. The van der Waals surface area contributed by atoms with Gasteiger partial charge in [0.1, 0.15) is 11.9 Å². The van der Waals surface area contributed by atoms with Crippen molar-refractivity contribution in [3.8, 4) is 11.4 Å². The Hall–Kier alpha value is -2.81. The molecule has 2 saturated heterocycles. The number of aromatic nitrogens is 4. The predicted octanol–water partition coefficient (Wildman–Crippen LogP) is -0.948. The van der Waals surface area contributed by atoms with Gasteiger partial charge in [0.25, 0.3) is 0 Å². The molecular weight excluding hydrogens is 322 g/mol. The van der Waals surface area contributed by atoms with Crippen molar-refractivity contribution in [2.24, 2.45) is 0 Å². The minimum Gasteiger partial charge on any atom is -0.353 e. The first-order valence-electron chi connectivity index (χ1n) is 8.32. The predicted molar refractivity (Wildman–Crippen MR) is 88.3 cm³/mol. The van der Waals surface area contributed by atoms with Gasteiger partial charge < -0.3 is 10.2 Å². The molecule has 0 aromatic carbocycles. The van der Waals surface area contributed by atoms with E-state index in [1.54, 1.807) is 17.3 Å². The van der Waals surface area contributed by atoms with Crippen molar-refractivity contribution in [3.63, 3.8) is 0 Å². The molecule has 4 heterocycles. The summed E-state index contributed by atoms with van der Waals surface area (Å²) in [5.74, 6) is 0.987. The minimum absolute atomic E-state index is 0.00211. The first kappa shape index (κ1) is 15.7. The van der Waals surface area contributed by atoms with E-state index in [4.69, 9.17) is 0 Å². The highest BCUT2D eigenvalue weighted by Crippen LogP contribution is 2.15. The van der Waals surface area contributed by atoms with Gasteiger partial charge in [-0.3, -0.25) is 24.6 Å². The van der Waals surface area contributed by atoms with E-state index in [0.717, 1.165) is 18.7 Å². The summed E-state index contributed by atoms with van der Waals surface area (Å²) in [6, 6.07) is 3.43. The zero-order chi connectivity index (χ0) is 17.2. The van der Waals surface area contributed by atoms with Crippen LogP contribution < -0.4 is 5.32 Å². The first-order chi connectivity index (χ1) is 12.2. The highest BCUT2D eigenvalue weighted by molar-refractivity contribution is 5.84. The fourth-order valence-electron chi connectivity index (χ4n) is 3.26. The summed E-state index contributed by atoms with van der Waals surface area (Å²) in [4.78, 5) is 36.8. The molecular formula is C16H19N7O2. The summed E-state index contributed by atoms with van der Waals surface area (Å²) in [6.07, 6.45) is 3.50. The van der Waals surface area contributed by atoms with Crippen molar-refractivity contribution in [1.82, 2.24) is 35.3 Å². The number of amides is 2. The van der Waals surface area contributed by atoms with Gasteiger partial charge in [0.15, 0.2) is 5.82 Å². The first-order valence-corrected chi connectivity index (χ1v) is 8.32. The lowest BCUT2D eigenvalue weighted by Gasteiger charge is -2.42. The Morgan fingerprint density at radius 2 is 2.24 bits per heavy atom. The number of carbonyl (C=O) groups excluding carboxylic acids is 2. The number of nitrogens with zero attached hydrogens (tertiary/aromatic N) is 5. The molecule has 0 radical (unpaired) electrons. The van der Waals surface area contributed by atoms with Crippen LogP contribution in [-0.2, 0) is 16.0 Å². The molecule has 9 nitrogen and oxygen atoms in total. The zero-order valence-electron chi connectivity index (χ0n) is 13.7. The highest BCUT2D eigenvalue weighted by Gasteiger charge is 2.36. The number of hydrogen-bond acceptors (Lipinski definition) is 6. The van der Waals surface area contributed by atoms with Gasteiger partial charge in [-0.1, -0.05) is 0 Å². The van der Waals surface area contributed by atoms with Gasteiger partial charge >= 0.3 is 0 Å². The molecule has 0 spiro atoms. The van der Waals surface area contributed by atoms with Crippen molar-refractivity contribution in [1.29, 1.82) is 0 Å². The standard InChI is InChI=1S/C16H19N7O2/c24-14(23-7-6-22-5-4-18-16(25)12(22)10-23)8-13-19-15(21-20-13)11-2-1-3-17-9-11/h1-3,9,12H,4-8,10H2,(H,18,25)(H,19,20,21)/t12-/m0/s1. The maximum atomic E-state index is 12.6. The van der Waals surface area contributed by atoms with Crippen molar-refractivity contribution >= 4 is 11.8 Å². The van der Waals surface area contributed by atoms with E-state index in [9.17, 15) is 9.59 Å². The van der Waals surface area contributed by atoms with Crippen LogP contribution in [0.3, 0.4) is 0 Å². The lowest BCUT2D eigenvalue weighted by Crippen LogP contribution is -2.64. The number of piperazine rings is 2. The maximum absolute atomic E-state index is 12.6. The van der Waals surface area contributed by atoms with E-state index in [2.05, 4.69) is 30.4 Å². The second-order valence-electron chi connectivity index (χ2n) is 6.21. The Balaban J connectivity index is 1.41. The lowest BCUT2D eigenvalue weighted by molar-refractivity contribution is -0.139. The average molecular weight is 341 g/mol. The number of fused-ring (bicyclic) bond motifs is 1. The van der Waals surface area contributed by atoms with E-state index >= 15 is 0 Å². The molecule has 4 rings (SSSR count). The van der Waals surface area contributed by atoms with Gasteiger partial charge in [0.05, 0.1) is 6.42 Å². The number of rotatable bonds is 3. The highest BCUT2D eigenvalue weighted by atomic mass is 16.2. The topological polar surface area (TPSA) is 107 Å². The Bertz CT molecular complexity index is 776. The normalized spacial score (nSPS) is 20.9. The van der Waals surface area contributed by atoms with Crippen LogP contribution in [0.4, 0.5) is 0 Å². The second kappa shape index (κ2) is 6.60. The summed E-state index contributed by atoms with van der Waals surface area (Å²) in [5.41, 5.74) is 0.796. The molecule has 130 valence electrons. The maximum Gasteiger partial charge on any atom is 0.239 e. The molecule has 1 atom stereocenters. The summed E-state index contributed by atoms with van der Waals surface area (Å²) < 4.78 is 0. The third-order valence-electron chi connectivity index (χ3n) is 4.61. The molecule has 9 heteroatoms. The van der Waals surface area contributed by atoms with Crippen LogP contribution in [-0.4, -0.2) is 80.5 Å². The van der Waals surface area contributed by atoms with Gasteiger partial charge in [0, 0.05) is 50.7 Å². The Kier molecular flexibility index (Phi) is 4.14. The quantitative estimate of drug-likeness (QED) is 0.746.